The average Bonchev–Trinajstić information content (AvgIpc) is 3.51. The molecule has 14 heteroatoms. The van der Waals surface area contributed by atoms with Crippen molar-refractivity contribution in [2.24, 2.45) is 0 Å². The van der Waals surface area contributed by atoms with Gasteiger partial charge >= 0.3 is 11.9 Å². The minimum atomic E-state index is -0.720. The van der Waals surface area contributed by atoms with E-state index in [1.807, 2.05) is 20.0 Å². The van der Waals surface area contributed by atoms with Crippen molar-refractivity contribution < 1.29 is 47.9 Å². The van der Waals surface area contributed by atoms with E-state index in [4.69, 9.17) is 28.4 Å². The number of nitriles is 1. The molecule has 1 saturated heterocycles. The van der Waals surface area contributed by atoms with Gasteiger partial charge in [0.2, 0.25) is 6.79 Å². The van der Waals surface area contributed by atoms with E-state index < -0.39 is 47.5 Å². The maximum Gasteiger partial charge on any atom is 0.308 e. The standard InChI is InChI=1S/C34H39N3O10S/c1-15-8-20-9-21-22(10-35)37-23(11-43-13-38)25-26(31(47-19(5)40)17(3)32-33(25)45-14-44-32)34(48-12-16(2)46-18(4)39)28(37)27(36(21)6)24(20)29(41)30(15)42-7/h8,13,16,21-23,27-28,34,41H,9,11-12,14H2,1-7H3/t16-,21-,22-,23-,27-,28?,34+/m0/s1. The van der Waals surface area contributed by atoms with Gasteiger partial charge in [-0.05, 0) is 45.4 Å². The van der Waals surface area contributed by atoms with Crippen molar-refractivity contribution in [2.75, 3.05) is 33.3 Å². The monoisotopic (exact) mass is 681 g/mol. The molecule has 0 aliphatic carbocycles. The lowest BCUT2D eigenvalue weighted by molar-refractivity contribution is -0.144. The molecule has 256 valence electrons. The Morgan fingerprint density at radius 3 is 2.54 bits per heavy atom. The van der Waals surface area contributed by atoms with Gasteiger partial charge in [-0.2, -0.15) is 5.26 Å². The molecule has 7 atom stereocenters. The zero-order chi connectivity index (χ0) is 34.6. The molecule has 48 heavy (non-hydrogen) atoms. The molecule has 2 aromatic rings. The van der Waals surface area contributed by atoms with Crippen LogP contribution in [0, 0.1) is 25.2 Å². The number of phenols is 1. The fourth-order valence-corrected chi connectivity index (χ4v) is 9.56. The first-order valence-electron chi connectivity index (χ1n) is 15.7. The van der Waals surface area contributed by atoms with Crippen molar-refractivity contribution in [2.45, 2.75) is 82.6 Å². The van der Waals surface area contributed by atoms with Crippen LogP contribution >= 0.6 is 11.8 Å². The third-order valence-corrected chi connectivity index (χ3v) is 11.3. The summed E-state index contributed by atoms with van der Waals surface area (Å²) in [5.41, 5.74) is 4.13. The summed E-state index contributed by atoms with van der Waals surface area (Å²) in [6, 6.07) is 1.79. The molecule has 1 N–H and O–H groups in total. The Balaban J connectivity index is 1.68. The van der Waals surface area contributed by atoms with Gasteiger partial charge < -0.3 is 33.5 Å². The first-order valence-corrected chi connectivity index (χ1v) is 16.8. The van der Waals surface area contributed by atoms with Crippen LogP contribution in [0.25, 0.3) is 0 Å². The molecule has 4 aliphatic heterocycles. The number of aryl methyl sites for hydroxylation is 1. The van der Waals surface area contributed by atoms with E-state index in [-0.39, 0.29) is 30.9 Å². The van der Waals surface area contributed by atoms with Gasteiger partial charge in [0.1, 0.15) is 24.5 Å². The number of carbonyl (C=O) groups excluding carboxylic acids is 3. The van der Waals surface area contributed by atoms with E-state index in [9.17, 15) is 24.8 Å². The number of benzene rings is 2. The van der Waals surface area contributed by atoms with Crippen molar-refractivity contribution in [3.63, 3.8) is 0 Å². The third-order valence-electron chi connectivity index (χ3n) is 9.75. The maximum absolute atomic E-state index is 12.7. The van der Waals surface area contributed by atoms with Crippen LogP contribution in [0.3, 0.4) is 0 Å². The summed E-state index contributed by atoms with van der Waals surface area (Å²) in [6.07, 6.45) is -0.00884. The summed E-state index contributed by atoms with van der Waals surface area (Å²) >= 11 is 1.48. The highest BCUT2D eigenvalue weighted by Crippen LogP contribution is 2.63. The summed E-state index contributed by atoms with van der Waals surface area (Å²) in [4.78, 5) is 40.5. The predicted octanol–water partition coefficient (Wildman–Crippen LogP) is 3.80. The van der Waals surface area contributed by atoms with E-state index in [0.717, 1.165) is 11.1 Å². The van der Waals surface area contributed by atoms with Crippen molar-refractivity contribution in [1.82, 2.24) is 9.80 Å². The minimum Gasteiger partial charge on any atom is -0.504 e. The highest BCUT2D eigenvalue weighted by molar-refractivity contribution is 7.99. The van der Waals surface area contributed by atoms with Gasteiger partial charge in [0.05, 0.1) is 30.5 Å². The van der Waals surface area contributed by atoms with Gasteiger partial charge in [0, 0.05) is 53.9 Å². The fourth-order valence-electron chi connectivity index (χ4n) is 8.12. The molecule has 0 radical (unpaired) electrons. The van der Waals surface area contributed by atoms with E-state index >= 15 is 0 Å². The number of methoxy groups -OCH3 is 1. The molecule has 13 nitrogen and oxygen atoms in total. The lowest BCUT2D eigenvalue weighted by Gasteiger charge is -2.61. The Morgan fingerprint density at radius 1 is 1.17 bits per heavy atom. The number of likely N-dealkylation sites (N-methyl/N-ethyl adjacent to an activating group) is 1. The third kappa shape index (κ3) is 5.28. The minimum absolute atomic E-state index is 0.0174. The molecule has 0 saturated carbocycles. The zero-order valence-electron chi connectivity index (χ0n) is 27.9. The number of aromatic hydroxyl groups is 1. The second-order valence-corrected chi connectivity index (χ2v) is 13.8. The number of ether oxygens (including phenoxy) is 6. The van der Waals surface area contributed by atoms with E-state index in [0.29, 0.717) is 58.1 Å². The number of piperazine rings is 1. The Hall–Kier alpha value is -4.19. The molecule has 0 aromatic heterocycles. The molecule has 4 aliphatic rings. The lowest BCUT2D eigenvalue weighted by Crippen LogP contribution is -2.69. The number of carbonyl (C=O) groups is 3. The smallest absolute Gasteiger partial charge is 0.308 e. The number of hydrogen-bond acceptors (Lipinski definition) is 14. The summed E-state index contributed by atoms with van der Waals surface area (Å²) in [6.45, 7) is 8.28. The van der Waals surface area contributed by atoms with Crippen LogP contribution in [-0.2, 0) is 30.3 Å². The van der Waals surface area contributed by atoms with Crippen LogP contribution in [0.15, 0.2) is 6.07 Å². The number of hydrogen-bond donors (Lipinski definition) is 1. The van der Waals surface area contributed by atoms with Crippen molar-refractivity contribution in [3.05, 3.63) is 39.4 Å². The van der Waals surface area contributed by atoms with E-state index in [1.54, 1.807) is 13.8 Å². The zero-order valence-corrected chi connectivity index (χ0v) is 28.7. The van der Waals surface area contributed by atoms with Crippen molar-refractivity contribution in [1.29, 1.82) is 5.26 Å². The maximum atomic E-state index is 12.7. The first kappa shape index (κ1) is 33.7. The van der Waals surface area contributed by atoms with E-state index in [2.05, 4.69) is 15.9 Å². The second kappa shape index (κ2) is 13.0. The quantitative estimate of drug-likeness (QED) is 0.232. The summed E-state index contributed by atoms with van der Waals surface area (Å²) < 4.78 is 34.6. The summed E-state index contributed by atoms with van der Waals surface area (Å²) in [5, 5.41) is 22.2. The van der Waals surface area contributed by atoms with Gasteiger partial charge in [-0.1, -0.05) is 6.07 Å². The topological polar surface area (TPSA) is 157 Å². The van der Waals surface area contributed by atoms with Crippen LogP contribution in [-0.4, -0.2) is 90.9 Å². The molecule has 0 amide bonds. The average molecular weight is 682 g/mol. The van der Waals surface area contributed by atoms with Crippen molar-refractivity contribution in [3.8, 4) is 34.8 Å². The van der Waals surface area contributed by atoms with Crippen LogP contribution in [0.1, 0.15) is 71.5 Å². The Kier molecular flexibility index (Phi) is 9.14. The van der Waals surface area contributed by atoms with Crippen LogP contribution in [0.4, 0.5) is 0 Å². The van der Waals surface area contributed by atoms with Gasteiger partial charge in [-0.3, -0.25) is 24.2 Å². The molecule has 6 rings (SSSR count). The van der Waals surface area contributed by atoms with Crippen LogP contribution in [0.5, 0.6) is 28.7 Å². The Bertz CT molecular complexity index is 1710. The number of phenolic OH excluding ortho intramolecular Hbond substituents is 1. The molecule has 1 fully saturated rings. The molecule has 2 aromatic carbocycles. The van der Waals surface area contributed by atoms with Gasteiger partial charge in [-0.15, -0.1) is 11.8 Å². The highest BCUT2D eigenvalue weighted by Gasteiger charge is 2.60. The Labute approximate surface area is 282 Å². The predicted molar refractivity (Wildman–Crippen MR) is 172 cm³/mol. The fraction of sp³-hybridized carbons (Fsp3) is 0.529. The number of nitrogens with zero attached hydrogens (tertiary/aromatic N) is 3. The molecular formula is C34H39N3O10S. The summed E-state index contributed by atoms with van der Waals surface area (Å²) in [5.74, 6) is 0.884. The number of thioether (sulfide) groups is 1. The first-order chi connectivity index (χ1) is 22.9. The van der Waals surface area contributed by atoms with Gasteiger partial charge in [0.15, 0.2) is 23.0 Å². The van der Waals surface area contributed by atoms with Gasteiger partial charge in [0.25, 0.3) is 6.47 Å². The molecular weight excluding hydrogens is 642 g/mol. The number of fused-ring (bicyclic) bond motifs is 9. The molecule has 0 spiro atoms. The lowest BCUT2D eigenvalue weighted by atomic mass is 9.71. The van der Waals surface area contributed by atoms with Crippen molar-refractivity contribution >= 4 is 30.2 Å². The van der Waals surface area contributed by atoms with Crippen LogP contribution < -0.4 is 18.9 Å². The number of esters is 2. The highest BCUT2D eigenvalue weighted by atomic mass is 32.2. The number of rotatable bonds is 9. The Morgan fingerprint density at radius 2 is 1.90 bits per heavy atom. The van der Waals surface area contributed by atoms with E-state index in [1.165, 1.54) is 32.7 Å². The molecule has 4 heterocycles. The SMILES string of the molecule is COc1c(C)cc2c(c1O)[C@H]1C3[C@H](SC[C@H](C)OC(C)=O)c4c(OC(C)=O)c(C)c5c(c4[C@H](COC=O)N3[C@@H](C#N)[C@H](C2)N1C)OCO5. The molecule has 1 unspecified atom stereocenters. The largest absolute Gasteiger partial charge is 0.504 e. The molecule has 2 bridgehead atoms. The normalized spacial score (nSPS) is 25.9. The van der Waals surface area contributed by atoms with Gasteiger partial charge in [-0.25, -0.2) is 0 Å². The summed E-state index contributed by atoms with van der Waals surface area (Å²) in [7, 11) is 3.46. The second-order valence-electron chi connectivity index (χ2n) is 12.6. The van der Waals surface area contributed by atoms with Crippen LogP contribution in [0.2, 0.25) is 0 Å².